The minimum absolute atomic E-state index is 0. The molecule has 22 heteroatoms. The van der Waals surface area contributed by atoms with Gasteiger partial charge in [-0.25, -0.2) is 16.8 Å². The summed E-state index contributed by atoms with van der Waals surface area (Å²) in [6, 6.07) is 7.27. The van der Waals surface area contributed by atoms with Crippen LogP contribution in [-0.2, 0) is 20.2 Å². The van der Waals surface area contributed by atoms with Crippen LogP contribution in [0, 0.1) is 0 Å². The van der Waals surface area contributed by atoms with E-state index in [-0.39, 0.29) is 116 Å². The molecule has 6 N–H and O–H groups in total. The van der Waals surface area contributed by atoms with E-state index in [0.717, 1.165) is 24.3 Å². The van der Waals surface area contributed by atoms with E-state index < -0.39 is 30.0 Å². The van der Waals surface area contributed by atoms with Crippen molar-refractivity contribution in [3.63, 3.8) is 0 Å². The van der Waals surface area contributed by atoms with Gasteiger partial charge in [0.25, 0.3) is 0 Å². The van der Waals surface area contributed by atoms with Crippen molar-refractivity contribution in [3.05, 3.63) is 58.1 Å². The molecule has 16 nitrogen and oxygen atoms in total. The summed E-state index contributed by atoms with van der Waals surface area (Å²) in [5.41, 5.74) is 11.0. The summed E-state index contributed by atoms with van der Waals surface area (Å²) in [6.45, 7) is 0. The van der Waals surface area contributed by atoms with Gasteiger partial charge in [0, 0.05) is 11.4 Å². The number of hydrogen-bond acceptors (Lipinski definition) is 16. The number of nitrogens with zero attached hydrogens (tertiary/aromatic N) is 6. The topological polar surface area (TPSA) is 268 Å². The second-order valence-corrected chi connectivity index (χ2v) is 10.9. The van der Waals surface area contributed by atoms with E-state index >= 15 is 0 Å². The predicted octanol–water partition coefficient (Wildman–Crippen LogP) is -4.00. The van der Waals surface area contributed by atoms with E-state index in [9.17, 15) is 25.9 Å². The Kier molecular flexibility index (Phi) is 12.4. The maximum Gasteiger partial charge on any atom is 1.00 e. The van der Waals surface area contributed by atoms with Crippen LogP contribution >= 0.6 is 23.2 Å². The fourth-order valence-electron chi connectivity index (χ4n) is 3.21. The maximum atomic E-state index is 12.0. The minimum Gasteiger partial charge on any atom is -0.744 e. The Hall–Kier alpha value is -2.20. The average Bonchev–Trinajstić information content (AvgIpc) is 2.81. The Labute approximate surface area is 292 Å². The quantitative estimate of drug-likeness (QED) is 0.0790. The molecule has 208 valence electrons. The third-order valence-electron chi connectivity index (χ3n) is 4.77. The fraction of sp³-hybridized carbons (Fsp3) is 0. The van der Waals surface area contributed by atoms with Gasteiger partial charge in [0.2, 0.25) is 34.4 Å². The number of halogens is 2. The van der Waals surface area contributed by atoms with Gasteiger partial charge < -0.3 is 31.2 Å². The number of hydrogen-bond donors (Lipinski definition) is 4. The van der Waals surface area contributed by atoms with Crippen LogP contribution in [0.25, 0.3) is 12.2 Å². The van der Waals surface area contributed by atoms with Crippen LogP contribution in [0.4, 0.5) is 35.2 Å². The van der Waals surface area contributed by atoms with Crippen LogP contribution in [0.5, 0.6) is 0 Å². The first-order valence-corrected chi connectivity index (χ1v) is 14.0. The zero-order chi connectivity index (χ0) is 29.2. The van der Waals surface area contributed by atoms with Crippen molar-refractivity contribution in [2.75, 3.05) is 22.1 Å². The summed E-state index contributed by atoms with van der Waals surface area (Å²) < 4.78 is 71.9. The van der Waals surface area contributed by atoms with Gasteiger partial charge in [-0.15, -0.1) is 0 Å². The standard InChI is InChI=1S/C20H16Cl2N10O6S2.2Na/c21-15-27-17(23)31-19(29-15)25-11-5-3-9(13(7-11)39(33,34)35)1-2-10-4-6-12(8-14(10)40(36,37)38)26-20-30-16(22)28-18(24)32-20;;/h1-8H,(H,33,34,35)(H,36,37,38)(H3,23,25,27,29,31)(H3,24,26,28,30,32);;/q;2*+1/p-2. The average molecular weight is 671 g/mol. The van der Waals surface area contributed by atoms with Gasteiger partial charge in [-0.3, -0.25) is 0 Å². The summed E-state index contributed by atoms with van der Waals surface area (Å²) >= 11 is 11.5. The molecule has 2 aromatic carbocycles. The molecule has 0 saturated carbocycles. The largest absolute Gasteiger partial charge is 1.00 e. The third kappa shape index (κ3) is 9.66. The molecular weight excluding hydrogens is 657 g/mol. The Morgan fingerprint density at radius 2 is 1.00 bits per heavy atom. The second kappa shape index (κ2) is 14.5. The van der Waals surface area contributed by atoms with E-state index in [1.165, 1.54) is 24.3 Å². The smallest absolute Gasteiger partial charge is 0.744 e. The van der Waals surface area contributed by atoms with Crippen LogP contribution in [0.3, 0.4) is 0 Å². The molecule has 2 heterocycles. The number of aromatic nitrogens is 6. The normalized spacial score (nSPS) is 11.4. The van der Waals surface area contributed by atoms with E-state index in [4.69, 9.17) is 34.7 Å². The first kappa shape index (κ1) is 36.0. The van der Waals surface area contributed by atoms with Gasteiger partial charge >= 0.3 is 59.1 Å². The summed E-state index contributed by atoms with van der Waals surface area (Å²) in [7, 11) is -10.1. The molecule has 0 aliphatic rings. The summed E-state index contributed by atoms with van der Waals surface area (Å²) in [5.74, 6) is -0.636. The van der Waals surface area contributed by atoms with Crippen LogP contribution in [0.1, 0.15) is 11.1 Å². The monoisotopic (exact) mass is 670 g/mol. The molecule has 0 aliphatic carbocycles. The summed E-state index contributed by atoms with van der Waals surface area (Å²) in [4.78, 5) is 21.0. The van der Waals surface area contributed by atoms with Crippen molar-refractivity contribution in [1.82, 2.24) is 29.9 Å². The molecule has 0 aliphatic heterocycles. The second-order valence-electron chi connectivity index (χ2n) is 7.57. The van der Waals surface area contributed by atoms with Gasteiger partial charge in [0.1, 0.15) is 20.2 Å². The molecule has 42 heavy (non-hydrogen) atoms. The molecule has 0 fully saturated rings. The number of nitrogens with two attached hydrogens (primary N) is 2. The molecule has 0 bridgehead atoms. The Balaban J connectivity index is 0.00000308. The maximum absolute atomic E-state index is 12.0. The zero-order valence-corrected chi connectivity index (χ0v) is 28.6. The first-order valence-electron chi connectivity index (χ1n) is 10.4. The fourth-order valence-corrected chi connectivity index (χ4v) is 4.94. The van der Waals surface area contributed by atoms with E-state index in [2.05, 4.69) is 40.5 Å². The van der Waals surface area contributed by atoms with Crippen molar-refractivity contribution in [1.29, 1.82) is 0 Å². The molecule has 0 atom stereocenters. The summed E-state index contributed by atoms with van der Waals surface area (Å²) in [6.07, 6.45) is 2.30. The Morgan fingerprint density at radius 1 is 0.643 bits per heavy atom. The van der Waals surface area contributed by atoms with Crippen molar-refractivity contribution in [2.24, 2.45) is 0 Å². The number of rotatable bonds is 8. The van der Waals surface area contributed by atoms with Crippen LogP contribution in [0.15, 0.2) is 46.2 Å². The van der Waals surface area contributed by atoms with Crippen molar-refractivity contribution in [2.45, 2.75) is 9.79 Å². The Bertz CT molecular complexity index is 1710. The van der Waals surface area contributed by atoms with Crippen molar-refractivity contribution in [3.8, 4) is 0 Å². The molecule has 4 rings (SSSR count). The molecule has 0 amide bonds. The van der Waals surface area contributed by atoms with Gasteiger partial charge in [-0.1, -0.05) is 24.3 Å². The number of benzene rings is 2. The van der Waals surface area contributed by atoms with Crippen LogP contribution in [0.2, 0.25) is 10.6 Å². The molecular formula is C20H14Cl2N10Na2O6S2. The number of nitrogen functional groups attached to an aromatic ring is 2. The molecule has 4 aromatic rings. The van der Waals surface area contributed by atoms with Crippen LogP contribution in [-0.4, -0.2) is 55.8 Å². The molecule has 2 aromatic heterocycles. The van der Waals surface area contributed by atoms with Crippen molar-refractivity contribution >= 4 is 90.8 Å². The van der Waals surface area contributed by atoms with Gasteiger partial charge in [0.15, 0.2) is 0 Å². The minimum atomic E-state index is -5.03. The third-order valence-corrected chi connectivity index (χ3v) is 6.89. The molecule has 0 spiro atoms. The SMILES string of the molecule is Nc1nc(Cl)nc(Nc2ccc(C=Cc3ccc(Nc4nc(N)nc(Cl)n4)cc3S(=O)(=O)[O-])c(S(=O)(=O)[O-])c2)n1.[Na+].[Na+]. The molecule has 0 unspecified atom stereocenters. The zero-order valence-electron chi connectivity index (χ0n) is 21.5. The molecule has 0 saturated heterocycles. The van der Waals surface area contributed by atoms with E-state index in [0.29, 0.717) is 0 Å². The van der Waals surface area contributed by atoms with Crippen molar-refractivity contribution < 1.29 is 85.1 Å². The first-order chi connectivity index (χ1) is 18.7. The summed E-state index contributed by atoms with van der Waals surface area (Å²) in [5, 5.41) is 4.85. The van der Waals surface area contributed by atoms with Gasteiger partial charge in [0.05, 0.1) is 9.79 Å². The van der Waals surface area contributed by atoms with Gasteiger partial charge in [-0.2, -0.15) is 29.9 Å². The predicted molar refractivity (Wildman–Crippen MR) is 143 cm³/mol. The number of anilines is 6. The van der Waals surface area contributed by atoms with E-state index in [1.807, 2.05) is 0 Å². The Morgan fingerprint density at radius 3 is 1.31 bits per heavy atom. The van der Waals surface area contributed by atoms with Gasteiger partial charge in [-0.05, 0) is 58.6 Å². The number of nitrogens with one attached hydrogen (secondary N) is 2. The van der Waals surface area contributed by atoms with E-state index in [1.54, 1.807) is 0 Å². The van der Waals surface area contributed by atoms with Crippen LogP contribution < -0.4 is 81.2 Å². The molecule has 0 radical (unpaired) electrons.